The Morgan fingerprint density at radius 1 is 1.16 bits per heavy atom. The molecule has 0 N–H and O–H groups in total. The Morgan fingerprint density at radius 2 is 1.84 bits per heavy atom. The minimum atomic E-state index is 0.203. The second-order valence-electron chi connectivity index (χ2n) is 5.21. The summed E-state index contributed by atoms with van der Waals surface area (Å²) in [4.78, 5) is 14.0. The van der Waals surface area contributed by atoms with Crippen LogP contribution in [0.5, 0.6) is 0 Å². The molecule has 2 saturated heterocycles. The van der Waals surface area contributed by atoms with E-state index < -0.39 is 0 Å². The number of rotatable bonds is 2. The lowest BCUT2D eigenvalue weighted by Gasteiger charge is -2.45. The summed E-state index contributed by atoms with van der Waals surface area (Å²) in [5.74, 6) is 0.351. The van der Waals surface area contributed by atoms with E-state index in [0.29, 0.717) is 41.9 Å². The first-order valence-electron chi connectivity index (χ1n) is 6.42. The molecule has 2 fully saturated rings. The molecule has 2 bridgehead atoms. The summed E-state index contributed by atoms with van der Waals surface area (Å²) in [5, 5.41) is 1.15. The normalized spacial score (nSPS) is 27.6. The predicted molar refractivity (Wildman–Crippen MR) is 74.6 cm³/mol. The van der Waals surface area contributed by atoms with E-state index in [0.717, 1.165) is 12.1 Å². The molecule has 5 heteroatoms. The van der Waals surface area contributed by atoms with E-state index in [-0.39, 0.29) is 12.1 Å². The van der Waals surface area contributed by atoms with E-state index in [1.54, 1.807) is 0 Å². The maximum Gasteiger partial charge on any atom is 0.136 e. The first-order valence-corrected chi connectivity index (χ1v) is 7.18. The first-order chi connectivity index (χ1) is 9.13. The highest BCUT2D eigenvalue weighted by atomic mass is 35.5. The average molecular weight is 300 g/mol. The van der Waals surface area contributed by atoms with Crippen molar-refractivity contribution in [1.82, 2.24) is 4.90 Å². The van der Waals surface area contributed by atoms with Gasteiger partial charge >= 0.3 is 0 Å². The van der Waals surface area contributed by atoms with E-state index in [2.05, 4.69) is 4.90 Å². The van der Waals surface area contributed by atoms with E-state index in [1.165, 1.54) is 0 Å². The highest BCUT2D eigenvalue weighted by Crippen LogP contribution is 2.29. The van der Waals surface area contributed by atoms with Crippen LogP contribution in [0, 0.1) is 0 Å². The predicted octanol–water partition coefficient (Wildman–Crippen LogP) is 2.93. The molecule has 1 aromatic rings. The quantitative estimate of drug-likeness (QED) is 0.841. The Labute approximate surface area is 122 Å². The van der Waals surface area contributed by atoms with E-state index >= 15 is 0 Å². The highest BCUT2D eigenvalue weighted by Gasteiger charge is 2.38. The first kappa shape index (κ1) is 13.4. The molecule has 0 spiro atoms. The summed E-state index contributed by atoms with van der Waals surface area (Å²) in [5.41, 5.74) is 1.13. The fourth-order valence-electron chi connectivity index (χ4n) is 2.90. The maximum absolute atomic E-state index is 11.7. The van der Waals surface area contributed by atoms with Crippen LogP contribution in [0.25, 0.3) is 0 Å². The van der Waals surface area contributed by atoms with Crippen LogP contribution < -0.4 is 0 Å². The zero-order valence-corrected chi connectivity index (χ0v) is 12.0. The van der Waals surface area contributed by atoms with E-state index in [9.17, 15) is 4.79 Å². The summed E-state index contributed by atoms with van der Waals surface area (Å²) in [6.07, 6.45) is 1.19. The molecule has 0 aliphatic carbocycles. The molecule has 2 heterocycles. The number of fused-ring (bicyclic) bond motifs is 2. The molecule has 2 atom stereocenters. The molecule has 102 valence electrons. The molecule has 3 rings (SSSR count). The van der Waals surface area contributed by atoms with E-state index in [1.807, 2.05) is 18.2 Å². The third-order valence-electron chi connectivity index (χ3n) is 3.83. The summed E-state index contributed by atoms with van der Waals surface area (Å²) < 4.78 is 5.55. The smallest absolute Gasteiger partial charge is 0.136 e. The summed E-state index contributed by atoms with van der Waals surface area (Å²) in [7, 11) is 0. The molecule has 3 nitrogen and oxygen atoms in total. The van der Waals surface area contributed by atoms with Crippen molar-refractivity contribution in [2.45, 2.75) is 31.5 Å². The van der Waals surface area contributed by atoms with Gasteiger partial charge in [-0.1, -0.05) is 29.3 Å². The number of ketones is 1. The fraction of sp³-hybridized carbons (Fsp3) is 0.500. The summed E-state index contributed by atoms with van der Waals surface area (Å²) in [6.45, 7) is 2.08. The molecule has 2 aliphatic rings. The van der Waals surface area contributed by atoms with Crippen LogP contribution in [0.2, 0.25) is 10.0 Å². The number of hydrogen-bond acceptors (Lipinski definition) is 3. The van der Waals surface area contributed by atoms with Gasteiger partial charge in [-0.25, -0.2) is 0 Å². The number of Topliss-reactive ketones (excluding diaryl/α,β-unsaturated/α-hetero) is 1. The zero-order chi connectivity index (χ0) is 13.4. The van der Waals surface area contributed by atoms with Crippen LogP contribution in [0.3, 0.4) is 0 Å². The van der Waals surface area contributed by atoms with Crippen molar-refractivity contribution in [2.24, 2.45) is 0 Å². The van der Waals surface area contributed by atoms with Crippen molar-refractivity contribution in [3.05, 3.63) is 33.8 Å². The minimum absolute atomic E-state index is 0.203. The molecule has 19 heavy (non-hydrogen) atoms. The number of benzene rings is 1. The van der Waals surface area contributed by atoms with Crippen LogP contribution in [0.1, 0.15) is 18.4 Å². The largest absolute Gasteiger partial charge is 0.378 e. The molecule has 0 amide bonds. The Hall–Kier alpha value is -0.610. The van der Waals surface area contributed by atoms with Crippen LogP contribution in [0.4, 0.5) is 0 Å². The van der Waals surface area contributed by atoms with Gasteiger partial charge in [0.15, 0.2) is 0 Å². The lowest BCUT2D eigenvalue weighted by molar-refractivity contribution is -0.136. The van der Waals surface area contributed by atoms with Crippen molar-refractivity contribution >= 4 is 29.0 Å². The average Bonchev–Trinajstić information content (AvgIpc) is 2.35. The fourth-order valence-corrected chi connectivity index (χ4v) is 3.22. The molecule has 0 saturated carbocycles. The summed E-state index contributed by atoms with van der Waals surface area (Å²) >= 11 is 12.0. The lowest BCUT2D eigenvalue weighted by Crippen LogP contribution is -2.56. The molecule has 0 radical (unpaired) electrons. The zero-order valence-electron chi connectivity index (χ0n) is 10.4. The molecular formula is C14H15Cl2NO2. The number of nitrogens with zero attached hydrogens (tertiary/aromatic N) is 1. The highest BCUT2D eigenvalue weighted by molar-refractivity contribution is 6.42. The van der Waals surface area contributed by atoms with Crippen molar-refractivity contribution in [3.63, 3.8) is 0 Å². The van der Waals surface area contributed by atoms with Gasteiger partial charge in [-0.3, -0.25) is 9.69 Å². The third-order valence-corrected chi connectivity index (χ3v) is 4.57. The monoisotopic (exact) mass is 299 g/mol. The van der Waals surface area contributed by atoms with Crippen molar-refractivity contribution in [3.8, 4) is 0 Å². The van der Waals surface area contributed by atoms with Gasteiger partial charge in [-0.05, 0) is 17.7 Å². The Kier molecular flexibility index (Phi) is 3.81. The van der Waals surface area contributed by atoms with Gasteiger partial charge in [-0.2, -0.15) is 0 Å². The van der Waals surface area contributed by atoms with Gasteiger partial charge in [0.2, 0.25) is 0 Å². The van der Waals surface area contributed by atoms with Crippen molar-refractivity contribution < 1.29 is 9.53 Å². The second kappa shape index (κ2) is 5.41. The number of carbonyl (C=O) groups excluding carboxylic acids is 1. The van der Waals surface area contributed by atoms with Gasteiger partial charge in [0.1, 0.15) is 5.78 Å². The van der Waals surface area contributed by atoms with Crippen LogP contribution in [-0.4, -0.2) is 36.0 Å². The van der Waals surface area contributed by atoms with Crippen LogP contribution in [0.15, 0.2) is 18.2 Å². The van der Waals surface area contributed by atoms with Crippen molar-refractivity contribution in [2.75, 3.05) is 13.2 Å². The summed E-state index contributed by atoms with van der Waals surface area (Å²) in [6, 6.07) is 6.11. The second-order valence-corrected chi connectivity index (χ2v) is 6.03. The standard InChI is InChI=1S/C14H15Cl2NO2/c15-13-2-1-9(3-14(13)16)6-17-10-4-12(18)5-11(17)8-19-7-10/h1-3,10-11H,4-8H2. The number of morpholine rings is 1. The van der Waals surface area contributed by atoms with Crippen LogP contribution >= 0.6 is 23.2 Å². The number of hydrogen-bond donors (Lipinski definition) is 0. The number of carbonyl (C=O) groups is 1. The SMILES string of the molecule is O=C1CC2COCC(C1)N2Cc1ccc(Cl)c(Cl)c1. The number of halogens is 2. The molecule has 2 aliphatic heterocycles. The van der Waals surface area contributed by atoms with Gasteiger partial charge in [-0.15, -0.1) is 0 Å². The molecular weight excluding hydrogens is 285 g/mol. The van der Waals surface area contributed by atoms with Gasteiger partial charge in [0.05, 0.1) is 23.3 Å². The Morgan fingerprint density at radius 3 is 2.47 bits per heavy atom. The Balaban J connectivity index is 1.78. The topological polar surface area (TPSA) is 29.5 Å². The Bertz CT molecular complexity index is 490. The number of piperidine rings is 1. The minimum Gasteiger partial charge on any atom is -0.378 e. The number of ether oxygens (including phenoxy) is 1. The van der Waals surface area contributed by atoms with Crippen LogP contribution in [-0.2, 0) is 16.1 Å². The molecule has 2 unspecified atom stereocenters. The van der Waals surface area contributed by atoms with Gasteiger partial charge in [0.25, 0.3) is 0 Å². The maximum atomic E-state index is 11.7. The van der Waals surface area contributed by atoms with Crippen molar-refractivity contribution in [1.29, 1.82) is 0 Å². The molecule has 0 aromatic heterocycles. The third kappa shape index (κ3) is 2.79. The molecule has 1 aromatic carbocycles. The lowest BCUT2D eigenvalue weighted by atomic mass is 9.92. The van der Waals surface area contributed by atoms with Gasteiger partial charge < -0.3 is 4.74 Å². The van der Waals surface area contributed by atoms with E-state index in [4.69, 9.17) is 27.9 Å². The van der Waals surface area contributed by atoms with Gasteiger partial charge in [0, 0.05) is 31.5 Å².